The van der Waals surface area contributed by atoms with Crippen LogP contribution in [0.4, 0.5) is 5.82 Å². The lowest BCUT2D eigenvalue weighted by atomic mass is 9.87. The molecule has 2 aromatic carbocycles. The molecule has 31 heavy (non-hydrogen) atoms. The molecule has 1 aromatic heterocycles. The summed E-state index contributed by atoms with van der Waals surface area (Å²) in [6.45, 7) is 3.92. The van der Waals surface area contributed by atoms with Crippen molar-refractivity contribution in [2.75, 3.05) is 5.32 Å². The van der Waals surface area contributed by atoms with Crippen molar-refractivity contribution in [2.24, 2.45) is 0 Å². The molecule has 0 saturated heterocycles. The molecule has 6 nitrogen and oxygen atoms in total. The van der Waals surface area contributed by atoms with Crippen molar-refractivity contribution in [3.8, 4) is 5.75 Å². The Balaban J connectivity index is 1.59. The predicted molar refractivity (Wildman–Crippen MR) is 123 cm³/mol. The van der Waals surface area contributed by atoms with Crippen molar-refractivity contribution in [2.45, 2.75) is 43.2 Å². The number of anilines is 1. The van der Waals surface area contributed by atoms with E-state index in [0.29, 0.717) is 27.3 Å². The summed E-state index contributed by atoms with van der Waals surface area (Å²) in [6, 6.07) is 15.0. The lowest BCUT2D eigenvalue weighted by Crippen LogP contribution is -2.31. The van der Waals surface area contributed by atoms with Crippen LogP contribution in [0, 0.1) is 0 Å². The van der Waals surface area contributed by atoms with Gasteiger partial charge in [-0.2, -0.15) is 0 Å². The number of H-pyrrole nitrogens is 1. The lowest BCUT2D eigenvalue weighted by molar-refractivity contribution is -0.116. The van der Waals surface area contributed by atoms with E-state index in [1.54, 1.807) is 0 Å². The average molecular weight is 456 g/mol. The van der Waals surface area contributed by atoms with E-state index in [4.69, 9.17) is 16.3 Å². The third kappa shape index (κ3) is 5.11. The first-order chi connectivity index (χ1) is 14.9. The van der Waals surface area contributed by atoms with Crippen molar-refractivity contribution in [3.05, 3.63) is 80.6 Å². The van der Waals surface area contributed by atoms with Crippen LogP contribution in [0.25, 0.3) is 0 Å². The molecule has 0 spiro atoms. The molecular formula is C23H22ClN3O3S. The van der Waals surface area contributed by atoms with Crippen molar-refractivity contribution in [3.63, 3.8) is 0 Å². The highest BCUT2D eigenvalue weighted by Crippen LogP contribution is 2.35. The topological polar surface area (TPSA) is 84.1 Å². The summed E-state index contributed by atoms with van der Waals surface area (Å²) in [4.78, 5) is 32.7. The number of nitrogens with one attached hydrogen (secondary N) is 2. The number of benzene rings is 2. The van der Waals surface area contributed by atoms with Gasteiger partial charge in [0.1, 0.15) is 11.6 Å². The average Bonchev–Trinajstić information content (AvgIpc) is 2.72. The first-order valence-electron chi connectivity index (χ1n) is 9.97. The highest BCUT2D eigenvalue weighted by molar-refractivity contribution is 7.98. The summed E-state index contributed by atoms with van der Waals surface area (Å²) in [5, 5.41) is 3.89. The van der Waals surface area contributed by atoms with E-state index in [0.717, 1.165) is 16.9 Å². The van der Waals surface area contributed by atoms with Crippen LogP contribution in [0.3, 0.4) is 0 Å². The van der Waals surface area contributed by atoms with Crippen LogP contribution in [0.5, 0.6) is 5.75 Å². The van der Waals surface area contributed by atoms with Gasteiger partial charge in [0.25, 0.3) is 5.56 Å². The van der Waals surface area contributed by atoms with E-state index in [9.17, 15) is 9.59 Å². The first kappa shape index (κ1) is 21.5. The summed E-state index contributed by atoms with van der Waals surface area (Å²) in [5.41, 5.74) is 2.17. The predicted octanol–water partition coefficient (Wildman–Crippen LogP) is 4.98. The van der Waals surface area contributed by atoms with Gasteiger partial charge in [-0.25, -0.2) is 4.98 Å². The van der Waals surface area contributed by atoms with Gasteiger partial charge in [0, 0.05) is 23.1 Å². The molecular weight excluding hydrogens is 434 g/mol. The number of carbonyl (C=O) groups is 1. The molecule has 4 rings (SSSR count). The van der Waals surface area contributed by atoms with Crippen LogP contribution in [-0.4, -0.2) is 22.0 Å². The molecule has 1 atom stereocenters. The first-order valence-corrected chi connectivity index (χ1v) is 11.3. The highest BCUT2D eigenvalue weighted by Gasteiger charge is 2.31. The van der Waals surface area contributed by atoms with Gasteiger partial charge in [0.15, 0.2) is 5.16 Å². The zero-order valence-corrected chi connectivity index (χ0v) is 18.7. The van der Waals surface area contributed by atoms with Gasteiger partial charge in [0.05, 0.1) is 11.7 Å². The quantitative estimate of drug-likeness (QED) is 0.404. The molecule has 1 aliphatic rings. The van der Waals surface area contributed by atoms with E-state index < -0.39 is 0 Å². The summed E-state index contributed by atoms with van der Waals surface area (Å²) < 4.78 is 5.69. The number of thioether (sulfide) groups is 1. The van der Waals surface area contributed by atoms with Crippen LogP contribution >= 0.6 is 23.4 Å². The number of carbonyl (C=O) groups excluding carboxylic acids is 1. The van der Waals surface area contributed by atoms with Crippen LogP contribution in [-0.2, 0) is 10.5 Å². The molecule has 1 aliphatic heterocycles. The van der Waals surface area contributed by atoms with Crippen molar-refractivity contribution >= 4 is 35.1 Å². The number of aromatic nitrogens is 2. The standard InChI is InChI=1S/C23H22ClN3O3S/c1-13(2)30-17-9-5-15(6-10-17)18-11-19(28)25-21-20(18)22(29)27-23(26-21)31-12-14-3-7-16(24)8-4-14/h3-10,13,18H,11-12H2,1-2H3,(H2,25,26,27,28,29)/t18-/m1/s1. The second-order valence-corrected chi connectivity index (χ2v) is 8.99. The number of hydrogen-bond acceptors (Lipinski definition) is 5. The monoisotopic (exact) mass is 455 g/mol. The van der Waals surface area contributed by atoms with Crippen molar-refractivity contribution < 1.29 is 9.53 Å². The molecule has 2 heterocycles. The van der Waals surface area contributed by atoms with Crippen LogP contribution in [0.2, 0.25) is 5.02 Å². The number of halogens is 1. The molecule has 0 saturated carbocycles. The molecule has 0 aliphatic carbocycles. The minimum Gasteiger partial charge on any atom is -0.491 e. The summed E-state index contributed by atoms with van der Waals surface area (Å²) in [5.74, 6) is 1.18. The second kappa shape index (κ2) is 9.16. The Morgan fingerprint density at radius 2 is 1.84 bits per heavy atom. The molecule has 8 heteroatoms. The van der Waals surface area contributed by atoms with Crippen LogP contribution in [0.1, 0.15) is 42.9 Å². The summed E-state index contributed by atoms with van der Waals surface area (Å²) >= 11 is 7.32. The molecule has 0 unspecified atom stereocenters. The third-order valence-electron chi connectivity index (χ3n) is 4.87. The number of nitrogens with zero attached hydrogens (tertiary/aromatic N) is 1. The summed E-state index contributed by atoms with van der Waals surface area (Å²) in [7, 11) is 0. The number of ether oxygens (including phenoxy) is 1. The Bertz CT molecular complexity index is 1140. The largest absolute Gasteiger partial charge is 0.491 e. The number of rotatable bonds is 6. The van der Waals surface area contributed by atoms with Crippen molar-refractivity contribution in [1.82, 2.24) is 9.97 Å². The number of amides is 1. The normalized spacial score (nSPS) is 15.5. The SMILES string of the molecule is CC(C)Oc1ccc([C@H]2CC(=O)Nc3nc(SCc4ccc(Cl)cc4)[nH]c(=O)c32)cc1. The van der Waals surface area contributed by atoms with Gasteiger partial charge in [0.2, 0.25) is 5.91 Å². The van der Waals surface area contributed by atoms with Gasteiger partial charge >= 0.3 is 0 Å². The lowest BCUT2D eigenvalue weighted by Gasteiger charge is -2.24. The number of hydrogen-bond donors (Lipinski definition) is 2. The second-order valence-electron chi connectivity index (χ2n) is 7.59. The van der Waals surface area contributed by atoms with Crippen molar-refractivity contribution in [1.29, 1.82) is 0 Å². The third-order valence-corrected chi connectivity index (χ3v) is 6.07. The van der Waals surface area contributed by atoms with Gasteiger partial charge in [-0.05, 0) is 49.2 Å². The Hall–Kier alpha value is -2.77. The highest BCUT2D eigenvalue weighted by atomic mass is 35.5. The molecule has 0 radical (unpaired) electrons. The number of aromatic amines is 1. The van der Waals surface area contributed by atoms with E-state index in [1.807, 2.05) is 62.4 Å². The van der Waals surface area contributed by atoms with Crippen LogP contribution in [0.15, 0.2) is 58.5 Å². The van der Waals surface area contributed by atoms with Gasteiger partial charge < -0.3 is 15.0 Å². The minimum atomic E-state index is -0.358. The number of fused-ring (bicyclic) bond motifs is 1. The maximum absolute atomic E-state index is 12.9. The van der Waals surface area contributed by atoms with Gasteiger partial charge in [-0.1, -0.05) is 47.6 Å². The smallest absolute Gasteiger partial charge is 0.257 e. The van der Waals surface area contributed by atoms with Gasteiger partial charge in [-0.15, -0.1) is 0 Å². The Morgan fingerprint density at radius 1 is 1.13 bits per heavy atom. The summed E-state index contributed by atoms with van der Waals surface area (Å²) in [6.07, 6.45) is 0.266. The molecule has 160 valence electrons. The maximum Gasteiger partial charge on any atom is 0.257 e. The zero-order valence-electron chi connectivity index (χ0n) is 17.1. The Morgan fingerprint density at radius 3 is 2.52 bits per heavy atom. The maximum atomic E-state index is 12.9. The molecule has 2 N–H and O–H groups in total. The molecule has 0 bridgehead atoms. The molecule has 0 fully saturated rings. The fraction of sp³-hybridized carbons (Fsp3) is 0.261. The minimum absolute atomic E-state index is 0.0721. The van der Waals surface area contributed by atoms with E-state index >= 15 is 0 Å². The van der Waals surface area contributed by atoms with E-state index in [2.05, 4.69) is 15.3 Å². The zero-order chi connectivity index (χ0) is 22.0. The fourth-order valence-corrected chi connectivity index (χ4v) is 4.43. The molecule has 3 aromatic rings. The van der Waals surface area contributed by atoms with Gasteiger partial charge in [-0.3, -0.25) is 9.59 Å². The van der Waals surface area contributed by atoms with Crippen LogP contribution < -0.4 is 15.6 Å². The Kier molecular flexibility index (Phi) is 6.34. The fourth-order valence-electron chi connectivity index (χ4n) is 3.49. The van der Waals surface area contributed by atoms with E-state index in [-0.39, 0.29) is 29.9 Å². The molecule has 1 amide bonds. The Labute approximate surface area is 189 Å². The van der Waals surface area contributed by atoms with E-state index in [1.165, 1.54) is 11.8 Å².